The molecule has 1 aromatic carbocycles. The van der Waals surface area contributed by atoms with Gasteiger partial charge in [0.1, 0.15) is 0 Å². The molecule has 0 heterocycles. The molecule has 0 atom stereocenters. The zero-order valence-electron chi connectivity index (χ0n) is 9.59. The van der Waals surface area contributed by atoms with Crippen molar-refractivity contribution in [2.24, 2.45) is 5.73 Å². The Hall–Kier alpha value is -0.0400. The fourth-order valence-corrected chi connectivity index (χ4v) is 1.85. The highest BCUT2D eigenvalue weighted by Gasteiger charge is 2.20. The summed E-state index contributed by atoms with van der Waals surface area (Å²) >= 11 is 7.96. The molecule has 0 radical (unpaired) electrons. The summed E-state index contributed by atoms with van der Waals surface area (Å²) in [4.78, 5) is 12.0. The third-order valence-electron chi connectivity index (χ3n) is 2.14. The van der Waals surface area contributed by atoms with Crippen LogP contribution in [0.15, 0.2) is 18.2 Å². The Balaban J connectivity index is 0.00000256. The van der Waals surface area contributed by atoms with Gasteiger partial charge in [0.2, 0.25) is 0 Å². The Labute approximate surface area is 126 Å². The van der Waals surface area contributed by atoms with Crippen molar-refractivity contribution in [3.05, 3.63) is 32.4 Å². The molecule has 0 saturated heterocycles. The average molecular weight is 389 g/mol. The largest absolute Gasteiger partial charge is 0.346 e. The molecule has 1 rings (SSSR count). The number of nitrogens with one attached hydrogen (secondary N) is 1. The van der Waals surface area contributed by atoms with Gasteiger partial charge in [-0.2, -0.15) is 0 Å². The van der Waals surface area contributed by atoms with Gasteiger partial charge < -0.3 is 11.1 Å². The van der Waals surface area contributed by atoms with E-state index in [1.165, 1.54) is 0 Å². The number of amides is 1. The van der Waals surface area contributed by atoms with Gasteiger partial charge in [0.25, 0.3) is 5.91 Å². The van der Waals surface area contributed by atoms with E-state index in [9.17, 15) is 4.79 Å². The Morgan fingerprint density at radius 2 is 2.12 bits per heavy atom. The second-order valence-corrected chi connectivity index (χ2v) is 5.76. The van der Waals surface area contributed by atoms with Gasteiger partial charge in [-0.15, -0.1) is 12.4 Å². The highest BCUT2D eigenvalue weighted by Crippen LogP contribution is 2.18. The predicted molar refractivity (Wildman–Crippen MR) is 82.0 cm³/mol. The van der Waals surface area contributed by atoms with Crippen LogP contribution in [-0.4, -0.2) is 18.0 Å². The SMILES string of the molecule is CC(C)(CN)NC(=O)c1cc(Cl)ccc1I.Cl. The van der Waals surface area contributed by atoms with Crippen molar-refractivity contribution in [1.82, 2.24) is 5.32 Å². The standard InChI is InChI=1S/C11H14ClIN2O.ClH/c1-11(2,6-14)15-10(16)8-5-7(12)3-4-9(8)13;/h3-5H,6,14H2,1-2H3,(H,15,16);1H. The van der Waals surface area contributed by atoms with Crippen LogP contribution >= 0.6 is 46.6 Å². The first-order valence-electron chi connectivity index (χ1n) is 4.83. The lowest BCUT2D eigenvalue weighted by molar-refractivity contribution is 0.0915. The van der Waals surface area contributed by atoms with E-state index in [1.54, 1.807) is 12.1 Å². The maximum Gasteiger partial charge on any atom is 0.252 e. The van der Waals surface area contributed by atoms with Crippen molar-refractivity contribution >= 4 is 52.5 Å². The molecule has 0 aliphatic rings. The van der Waals surface area contributed by atoms with E-state index >= 15 is 0 Å². The molecule has 0 aliphatic heterocycles. The summed E-state index contributed by atoms with van der Waals surface area (Å²) in [6.07, 6.45) is 0. The summed E-state index contributed by atoms with van der Waals surface area (Å²) in [7, 11) is 0. The van der Waals surface area contributed by atoms with E-state index in [2.05, 4.69) is 27.9 Å². The number of hydrogen-bond acceptors (Lipinski definition) is 2. The van der Waals surface area contributed by atoms with Gasteiger partial charge in [0.05, 0.1) is 5.56 Å². The minimum atomic E-state index is -0.414. The Morgan fingerprint density at radius 1 is 1.53 bits per heavy atom. The molecule has 3 N–H and O–H groups in total. The predicted octanol–water partition coefficient (Wildman–Crippen LogP) is 2.83. The first-order valence-corrected chi connectivity index (χ1v) is 6.29. The van der Waals surface area contributed by atoms with Gasteiger partial charge >= 0.3 is 0 Å². The molecule has 3 nitrogen and oxygen atoms in total. The van der Waals surface area contributed by atoms with Crippen LogP contribution in [0, 0.1) is 3.57 Å². The quantitative estimate of drug-likeness (QED) is 0.782. The highest BCUT2D eigenvalue weighted by atomic mass is 127. The number of carbonyl (C=O) groups is 1. The van der Waals surface area contributed by atoms with Gasteiger partial charge in [0, 0.05) is 20.7 Å². The first-order chi connectivity index (χ1) is 7.35. The molecule has 96 valence electrons. The van der Waals surface area contributed by atoms with Crippen LogP contribution in [0.4, 0.5) is 0 Å². The fourth-order valence-electron chi connectivity index (χ4n) is 1.10. The Kier molecular flexibility index (Phi) is 6.76. The van der Waals surface area contributed by atoms with Crippen molar-refractivity contribution in [2.75, 3.05) is 6.54 Å². The Bertz CT molecular complexity index is 410. The smallest absolute Gasteiger partial charge is 0.252 e. The molecular weight excluding hydrogens is 374 g/mol. The second kappa shape index (κ2) is 6.78. The van der Waals surface area contributed by atoms with E-state index in [1.807, 2.05) is 19.9 Å². The van der Waals surface area contributed by atoms with E-state index in [4.69, 9.17) is 17.3 Å². The molecule has 1 amide bonds. The number of halogens is 3. The second-order valence-electron chi connectivity index (χ2n) is 4.17. The third kappa shape index (κ3) is 4.99. The van der Waals surface area contributed by atoms with Gasteiger partial charge in [-0.25, -0.2) is 0 Å². The summed E-state index contributed by atoms with van der Waals surface area (Å²) in [6.45, 7) is 4.14. The number of benzene rings is 1. The number of rotatable bonds is 3. The monoisotopic (exact) mass is 388 g/mol. The van der Waals surface area contributed by atoms with Crippen LogP contribution in [0.25, 0.3) is 0 Å². The van der Waals surface area contributed by atoms with Crippen molar-refractivity contribution in [1.29, 1.82) is 0 Å². The zero-order valence-corrected chi connectivity index (χ0v) is 13.3. The highest BCUT2D eigenvalue weighted by molar-refractivity contribution is 14.1. The maximum atomic E-state index is 12.0. The molecule has 0 fully saturated rings. The molecule has 0 bridgehead atoms. The summed E-state index contributed by atoms with van der Waals surface area (Å²) in [5.74, 6) is -0.151. The lowest BCUT2D eigenvalue weighted by Crippen LogP contribution is -2.49. The molecule has 0 saturated carbocycles. The third-order valence-corrected chi connectivity index (χ3v) is 3.31. The van der Waals surface area contributed by atoms with Crippen LogP contribution in [0.3, 0.4) is 0 Å². The van der Waals surface area contributed by atoms with E-state index in [0.717, 1.165) is 3.57 Å². The molecule has 1 aromatic rings. The maximum absolute atomic E-state index is 12.0. The summed E-state index contributed by atoms with van der Waals surface area (Å²) < 4.78 is 0.868. The van der Waals surface area contributed by atoms with Gasteiger partial charge in [-0.05, 0) is 54.6 Å². The van der Waals surface area contributed by atoms with Gasteiger partial charge in [0.15, 0.2) is 0 Å². The molecular formula is C11H15Cl2IN2O. The van der Waals surface area contributed by atoms with Crippen LogP contribution in [0.5, 0.6) is 0 Å². The van der Waals surface area contributed by atoms with Crippen LogP contribution in [0.2, 0.25) is 5.02 Å². The van der Waals surface area contributed by atoms with Crippen molar-refractivity contribution in [3.8, 4) is 0 Å². The Morgan fingerprint density at radius 3 is 2.65 bits per heavy atom. The summed E-state index contributed by atoms with van der Waals surface area (Å²) in [6, 6.07) is 5.23. The van der Waals surface area contributed by atoms with Gasteiger partial charge in [-0.3, -0.25) is 4.79 Å². The first kappa shape index (κ1) is 17.0. The lowest BCUT2D eigenvalue weighted by Gasteiger charge is -2.24. The molecule has 0 aromatic heterocycles. The molecule has 17 heavy (non-hydrogen) atoms. The number of nitrogens with two attached hydrogens (primary N) is 1. The molecule has 6 heteroatoms. The zero-order chi connectivity index (χ0) is 12.3. The van der Waals surface area contributed by atoms with E-state index < -0.39 is 5.54 Å². The molecule has 0 spiro atoms. The topological polar surface area (TPSA) is 55.1 Å². The molecule has 0 unspecified atom stereocenters. The molecule has 0 aliphatic carbocycles. The van der Waals surface area contributed by atoms with Crippen LogP contribution in [0.1, 0.15) is 24.2 Å². The fraction of sp³-hybridized carbons (Fsp3) is 0.364. The van der Waals surface area contributed by atoms with Crippen LogP contribution < -0.4 is 11.1 Å². The van der Waals surface area contributed by atoms with Crippen LogP contribution in [-0.2, 0) is 0 Å². The number of carbonyl (C=O) groups excluding carboxylic acids is 1. The van der Waals surface area contributed by atoms with E-state index in [0.29, 0.717) is 17.1 Å². The van der Waals surface area contributed by atoms with Crippen molar-refractivity contribution < 1.29 is 4.79 Å². The van der Waals surface area contributed by atoms with Crippen molar-refractivity contribution in [3.63, 3.8) is 0 Å². The van der Waals surface area contributed by atoms with E-state index in [-0.39, 0.29) is 18.3 Å². The van der Waals surface area contributed by atoms with Gasteiger partial charge in [-0.1, -0.05) is 11.6 Å². The minimum absolute atomic E-state index is 0. The number of hydrogen-bond donors (Lipinski definition) is 2. The minimum Gasteiger partial charge on any atom is -0.346 e. The summed E-state index contributed by atoms with van der Waals surface area (Å²) in [5, 5.41) is 3.41. The van der Waals surface area contributed by atoms with Crippen molar-refractivity contribution in [2.45, 2.75) is 19.4 Å². The lowest BCUT2D eigenvalue weighted by atomic mass is 10.1. The average Bonchev–Trinajstić information content (AvgIpc) is 2.21. The summed E-state index contributed by atoms with van der Waals surface area (Å²) in [5.41, 5.74) is 5.72. The normalized spacial score (nSPS) is 10.6.